The predicted octanol–water partition coefficient (Wildman–Crippen LogP) is 1.74. The highest BCUT2D eigenvalue weighted by atomic mass is 35.5. The minimum absolute atomic E-state index is 0.109. The fourth-order valence-electron chi connectivity index (χ4n) is 3.19. The van der Waals surface area contributed by atoms with E-state index in [2.05, 4.69) is 16.0 Å². The largest absolute Gasteiger partial charge is 0.504 e. The highest BCUT2D eigenvalue weighted by Gasteiger charge is 2.37. The summed E-state index contributed by atoms with van der Waals surface area (Å²) in [6.07, 6.45) is 1.78. The lowest BCUT2D eigenvalue weighted by atomic mass is 9.85. The number of phenolic OH excluding ortho intramolecular Hbond substituents is 1. The summed E-state index contributed by atoms with van der Waals surface area (Å²) < 4.78 is 26.0. The van der Waals surface area contributed by atoms with Gasteiger partial charge in [0, 0.05) is 20.1 Å². The quantitative estimate of drug-likeness (QED) is 0.318. The van der Waals surface area contributed by atoms with Crippen molar-refractivity contribution in [3.05, 3.63) is 37.6 Å². The molecule has 0 saturated heterocycles. The number of carbonyl (C=O) groups is 1. The van der Waals surface area contributed by atoms with E-state index in [1.54, 1.807) is 0 Å². The lowest BCUT2D eigenvalue weighted by Gasteiger charge is -2.32. The average molecular weight is 499 g/mol. The summed E-state index contributed by atoms with van der Waals surface area (Å²) in [6.45, 7) is 5.46. The van der Waals surface area contributed by atoms with E-state index in [-0.39, 0.29) is 34.0 Å². The van der Waals surface area contributed by atoms with Crippen LogP contribution in [0.25, 0.3) is 0 Å². The first-order chi connectivity index (χ1) is 15.2. The zero-order chi connectivity index (χ0) is 24.9. The van der Waals surface area contributed by atoms with Gasteiger partial charge in [-0.15, -0.1) is 0 Å². The number of sulfonamides is 1. The third-order valence-electron chi connectivity index (χ3n) is 5.33. The van der Waals surface area contributed by atoms with Gasteiger partial charge in [0.05, 0.1) is 10.7 Å². The molecular weight excluding hydrogens is 472 g/mol. The number of hydrogen-bond acceptors (Lipinski definition) is 8. The van der Waals surface area contributed by atoms with Gasteiger partial charge in [0.25, 0.3) is 10.9 Å². The van der Waals surface area contributed by atoms with Crippen LogP contribution in [-0.2, 0) is 14.8 Å². The highest BCUT2D eigenvalue weighted by Crippen LogP contribution is 2.39. The molecule has 0 bridgehead atoms. The van der Waals surface area contributed by atoms with Crippen molar-refractivity contribution in [1.82, 2.24) is 9.62 Å². The molecule has 3 rings (SSSR count). The molecule has 180 valence electrons. The second kappa shape index (κ2) is 8.62. The second-order valence-electron chi connectivity index (χ2n) is 9.32. The van der Waals surface area contributed by atoms with Crippen LogP contribution in [0.5, 0.6) is 5.75 Å². The van der Waals surface area contributed by atoms with E-state index in [4.69, 9.17) is 11.6 Å². The summed E-state index contributed by atoms with van der Waals surface area (Å²) >= 11 is 6.01. The molecule has 1 aliphatic rings. The van der Waals surface area contributed by atoms with Gasteiger partial charge in [0.1, 0.15) is 22.3 Å². The van der Waals surface area contributed by atoms with E-state index < -0.39 is 43.0 Å². The van der Waals surface area contributed by atoms with Gasteiger partial charge in [-0.3, -0.25) is 14.4 Å². The molecule has 1 saturated carbocycles. The lowest BCUT2D eigenvalue weighted by molar-refractivity contribution is -0.123. The lowest BCUT2D eigenvalue weighted by Crippen LogP contribution is -2.51. The number of phenols is 1. The molecule has 1 atom stereocenters. The number of amides is 1. The Morgan fingerprint density at radius 3 is 2.24 bits per heavy atom. The summed E-state index contributed by atoms with van der Waals surface area (Å²) in [5.74, 6) is -0.994. The number of nitrogens with zero attached hydrogens (tertiary/aromatic N) is 1. The van der Waals surface area contributed by atoms with Crippen LogP contribution >= 0.6 is 11.6 Å². The fourth-order valence-corrected chi connectivity index (χ4v) is 4.67. The summed E-state index contributed by atoms with van der Waals surface area (Å²) in [7, 11) is -1.54. The van der Waals surface area contributed by atoms with E-state index in [1.165, 1.54) is 26.2 Å². The first-order valence-corrected chi connectivity index (χ1v) is 12.1. The minimum atomic E-state index is -4.10. The monoisotopic (exact) mass is 498 g/mol. The molecule has 4 N–H and O–H groups in total. The Bertz CT molecular complexity index is 1270. The van der Waals surface area contributed by atoms with Gasteiger partial charge in [0.15, 0.2) is 5.75 Å². The standard InChI is InChI=1S/C21H27ClN4O6S/c1-21(2,3)19(20(30)23-10-6-7-10)25-14-13(16(28)17(14)29)24-12-9-8-11(22)18(15(12)27)33(31,32)26(4)5/h8-10,19,24-25,27H,6-7H2,1-5H3,(H,23,30). The SMILES string of the molecule is CN(C)S(=O)(=O)c1c(Cl)ccc(Nc2c(NC(C(=O)NC3CC3)C(C)(C)C)c(=O)c2=O)c1O. The van der Waals surface area contributed by atoms with Crippen LogP contribution in [0.2, 0.25) is 5.02 Å². The van der Waals surface area contributed by atoms with Crippen LogP contribution < -0.4 is 26.8 Å². The third kappa shape index (κ3) is 4.85. The molecule has 0 spiro atoms. The van der Waals surface area contributed by atoms with Crippen molar-refractivity contribution < 1.29 is 18.3 Å². The van der Waals surface area contributed by atoms with Gasteiger partial charge >= 0.3 is 0 Å². The van der Waals surface area contributed by atoms with E-state index in [9.17, 15) is 27.9 Å². The zero-order valence-corrected chi connectivity index (χ0v) is 20.5. The molecule has 2 aromatic rings. The molecule has 1 aliphatic carbocycles. The van der Waals surface area contributed by atoms with Crippen molar-refractivity contribution in [2.75, 3.05) is 24.7 Å². The number of halogens is 1. The Hall–Kier alpha value is -2.63. The van der Waals surface area contributed by atoms with Gasteiger partial charge < -0.3 is 21.1 Å². The van der Waals surface area contributed by atoms with Crippen LogP contribution in [0.1, 0.15) is 33.6 Å². The van der Waals surface area contributed by atoms with Crippen molar-refractivity contribution in [3.63, 3.8) is 0 Å². The summed E-state index contributed by atoms with van der Waals surface area (Å²) in [6, 6.07) is 1.83. The molecule has 0 radical (unpaired) electrons. The van der Waals surface area contributed by atoms with Crippen molar-refractivity contribution in [2.45, 2.75) is 50.6 Å². The number of benzene rings is 1. The van der Waals surface area contributed by atoms with Gasteiger partial charge in [0.2, 0.25) is 15.9 Å². The molecule has 1 fully saturated rings. The number of rotatable bonds is 8. The molecular formula is C21H27ClN4O6S. The van der Waals surface area contributed by atoms with Gasteiger partial charge in [-0.2, -0.15) is 0 Å². The van der Waals surface area contributed by atoms with Crippen molar-refractivity contribution in [2.24, 2.45) is 5.41 Å². The van der Waals surface area contributed by atoms with Gasteiger partial charge in [-0.05, 0) is 30.4 Å². The number of aromatic hydroxyl groups is 1. The van der Waals surface area contributed by atoms with Crippen molar-refractivity contribution >= 4 is 44.6 Å². The molecule has 1 amide bonds. The highest BCUT2D eigenvalue weighted by molar-refractivity contribution is 7.89. The molecule has 0 heterocycles. The first-order valence-electron chi connectivity index (χ1n) is 10.3. The fraction of sp³-hybridized carbons (Fsp3) is 0.476. The molecule has 33 heavy (non-hydrogen) atoms. The van der Waals surface area contributed by atoms with Gasteiger partial charge in [-0.25, -0.2) is 12.7 Å². The maximum absolute atomic E-state index is 12.7. The Labute approximate surface area is 196 Å². The predicted molar refractivity (Wildman–Crippen MR) is 127 cm³/mol. The Balaban J connectivity index is 1.96. The molecule has 12 heteroatoms. The summed E-state index contributed by atoms with van der Waals surface area (Å²) in [5.41, 5.74) is -2.70. The maximum atomic E-state index is 12.7. The van der Waals surface area contributed by atoms with Crippen LogP contribution in [0.3, 0.4) is 0 Å². The number of anilines is 3. The van der Waals surface area contributed by atoms with Gasteiger partial charge in [-0.1, -0.05) is 32.4 Å². The summed E-state index contributed by atoms with van der Waals surface area (Å²) in [4.78, 5) is 36.8. The van der Waals surface area contributed by atoms with E-state index in [0.717, 1.165) is 17.1 Å². The molecule has 0 aromatic heterocycles. The first kappa shape index (κ1) is 25.0. The van der Waals surface area contributed by atoms with E-state index >= 15 is 0 Å². The topological polar surface area (TPSA) is 145 Å². The van der Waals surface area contributed by atoms with E-state index in [1.807, 2.05) is 20.8 Å². The minimum Gasteiger partial charge on any atom is -0.504 e. The average Bonchev–Trinajstić information content (AvgIpc) is 3.51. The van der Waals surface area contributed by atoms with Crippen LogP contribution in [0.15, 0.2) is 26.6 Å². The number of carbonyl (C=O) groups excluding carboxylic acids is 1. The van der Waals surface area contributed by atoms with E-state index in [0.29, 0.717) is 0 Å². The summed E-state index contributed by atoms with van der Waals surface area (Å²) in [5, 5.41) is 18.8. The van der Waals surface area contributed by atoms with Crippen molar-refractivity contribution in [3.8, 4) is 5.75 Å². The second-order valence-corrected chi connectivity index (χ2v) is 11.8. The molecule has 2 aromatic carbocycles. The Morgan fingerprint density at radius 1 is 1.15 bits per heavy atom. The van der Waals surface area contributed by atoms with Crippen molar-refractivity contribution in [1.29, 1.82) is 0 Å². The zero-order valence-electron chi connectivity index (χ0n) is 18.9. The Kier molecular flexibility index (Phi) is 6.53. The molecule has 10 nitrogen and oxygen atoms in total. The molecule has 1 unspecified atom stereocenters. The maximum Gasteiger partial charge on any atom is 0.253 e. The third-order valence-corrected chi connectivity index (χ3v) is 7.65. The van der Waals surface area contributed by atoms with Crippen LogP contribution in [-0.4, -0.2) is 49.9 Å². The van der Waals surface area contributed by atoms with Crippen LogP contribution in [0.4, 0.5) is 17.1 Å². The number of nitrogens with one attached hydrogen (secondary N) is 3. The smallest absolute Gasteiger partial charge is 0.253 e. The Morgan fingerprint density at radius 2 is 1.73 bits per heavy atom. The van der Waals surface area contributed by atoms with Crippen LogP contribution in [0, 0.1) is 5.41 Å². The number of hydrogen-bond donors (Lipinski definition) is 4. The molecule has 0 aliphatic heterocycles. The normalized spacial score (nSPS) is 15.5.